The van der Waals surface area contributed by atoms with E-state index in [4.69, 9.17) is 0 Å². The molecule has 1 unspecified atom stereocenters. The number of unbranched alkanes of at least 4 members (excludes halogenated alkanes) is 1. The summed E-state index contributed by atoms with van der Waals surface area (Å²) in [4.78, 5) is 11.3. The van der Waals surface area contributed by atoms with Crippen LogP contribution in [0.3, 0.4) is 0 Å². The maximum Gasteiger partial charge on any atom is 0.331 e. The van der Waals surface area contributed by atoms with Gasteiger partial charge in [0.1, 0.15) is 0 Å². The smallest absolute Gasteiger partial charge is 0.331 e. The largest absolute Gasteiger partial charge is 0.479 e. The van der Waals surface area contributed by atoms with Crippen molar-refractivity contribution >= 4 is 5.97 Å². The minimum absolute atomic E-state index is 0.221. The van der Waals surface area contributed by atoms with Crippen molar-refractivity contribution in [3.8, 4) is 0 Å². The van der Waals surface area contributed by atoms with Gasteiger partial charge in [-0.05, 0) is 37.1 Å². The van der Waals surface area contributed by atoms with E-state index in [1.54, 1.807) is 13.8 Å². The Kier molecular flexibility index (Phi) is 4.81. The first-order valence-corrected chi connectivity index (χ1v) is 6.47. The van der Waals surface area contributed by atoms with Gasteiger partial charge in [-0.2, -0.15) is 0 Å². The van der Waals surface area contributed by atoms with Crippen LogP contribution in [-0.4, -0.2) is 31.3 Å². The summed E-state index contributed by atoms with van der Waals surface area (Å²) in [5, 5.41) is 20.8. The molecule has 1 rings (SSSR count). The Bertz CT molecular complexity index is 401. The van der Waals surface area contributed by atoms with E-state index in [2.05, 4.69) is 29.4 Å². The lowest BCUT2D eigenvalue weighted by Crippen LogP contribution is -2.38. The Morgan fingerprint density at radius 3 is 2.61 bits per heavy atom. The maximum atomic E-state index is 11.3. The van der Waals surface area contributed by atoms with E-state index in [0.717, 1.165) is 25.7 Å². The number of carboxylic acids is 1. The maximum absolute atomic E-state index is 11.3. The van der Waals surface area contributed by atoms with E-state index >= 15 is 0 Å². The fourth-order valence-electron chi connectivity index (χ4n) is 1.90. The molecule has 0 fully saturated rings. The quantitative estimate of drug-likeness (QED) is 0.806. The summed E-state index contributed by atoms with van der Waals surface area (Å²) in [7, 11) is 0. The number of aromatic nitrogens is 4. The highest BCUT2D eigenvalue weighted by Gasteiger charge is 2.35. The summed E-state index contributed by atoms with van der Waals surface area (Å²) in [5.74, 6) is -0.0293. The molecule has 0 aliphatic carbocycles. The van der Waals surface area contributed by atoms with Crippen LogP contribution in [0.25, 0.3) is 0 Å². The minimum Gasteiger partial charge on any atom is -0.479 e. The van der Waals surface area contributed by atoms with Crippen molar-refractivity contribution in [2.75, 3.05) is 0 Å². The summed E-state index contributed by atoms with van der Waals surface area (Å²) in [5.41, 5.74) is -1.11. The van der Waals surface area contributed by atoms with Gasteiger partial charge in [0.15, 0.2) is 11.4 Å². The molecule has 0 spiro atoms. The number of rotatable bonds is 7. The number of carbonyl (C=O) groups is 1. The molecule has 6 heteroatoms. The van der Waals surface area contributed by atoms with Gasteiger partial charge in [0.2, 0.25) is 0 Å². The second-order valence-corrected chi connectivity index (χ2v) is 5.06. The number of nitrogens with zero attached hydrogens (tertiary/aromatic N) is 4. The molecule has 102 valence electrons. The van der Waals surface area contributed by atoms with Crippen molar-refractivity contribution < 1.29 is 9.90 Å². The van der Waals surface area contributed by atoms with Gasteiger partial charge >= 0.3 is 5.97 Å². The monoisotopic (exact) mass is 254 g/mol. The fraction of sp³-hybridized carbons (Fsp3) is 0.833. The molecule has 1 atom stereocenters. The standard InChI is InChI=1S/C12H22N4O2/c1-5-7-8-9(6-2)10-13-14-15-16(10)12(3,4)11(17)18/h9H,5-8H2,1-4H3,(H,17,18). The number of tetrazole rings is 1. The van der Waals surface area contributed by atoms with E-state index in [0.29, 0.717) is 5.82 Å². The lowest BCUT2D eigenvalue weighted by Gasteiger charge is -2.23. The molecule has 6 nitrogen and oxygen atoms in total. The Hall–Kier alpha value is -1.46. The van der Waals surface area contributed by atoms with Gasteiger partial charge in [-0.15, -0.1) is 5.10 Å². The third-order valence-corrected chi connectivity index (χ3v) is 3.31. The van der Waals surface area contributed by atoms with Crippen LogP contribution in [0, 0.1) is 0 Å². The Morgan fingerprint density at radius 1 is 1.44 bits per heavy atom. The molecule has 0 radical (unpaired) electrons. The van der Waals surface area contributed by atoms with Crippen molar-refractivity contribution in [2.45, 2.75) is 64.8 Å². The van der Waals surface area contributed by atoms with Gasteiger partial charge < -0.3 is 5.11 Å². The van der Waals surface area contributed by atoms with Crippen LogP contribution < -0.4 is 0 Å². The van der Waals surface area contributed by atoms with Crippen LogP contribution in [0.15, 0.2) is 0 Å². The van der Waals surface area contributed by atoms with E-state index in [1.807, 2.05) is 0 Å². The molecule has 0 aliphatic heterocycles. The second kappa shape index (κ2) is 5.93. The average Bonchev–Trinajstić information content (AvgIpc) is 2.79. The number of hydrogen-bond acceptors (Lipinski definition) is 4. The third kappa shape index (κ3) is 2.86. The lowest BCUT2D eigenvalue weighted by molar-refractivity contribution is -0.146. The van der Waals surface area contributed by atoms with Gasteiger partial charge in [0, 0.05) is 5.92 Å². The highest BCUT2D eigenvalue weighted by molar-refractivity contribution is 5.75. The summed E-state index contributed by atoms with van der Waals surface area (Å²) in [6.07, 6.45) is 4.11. The van der Waals surface area contributed by atoms with Crippen LogP contribution in [0.4, 0.5) is 0 Å². The number of aliphatic carboxylic acids is 1. The summed E-state index contributed by atoms with van der Waals surface area (Å²) in [6.45, 7) is 7.44. The molecule has 1 N–H and O–H groups in total. The Balaban J connectivity index is 3.03. The molecular weight excluding hydrogens is 232 g/mol. The molecule has 0 saturated carbocycles. The molecule has 0 bridgehead atoms. The predicted molar refractivity (Wildman–Crippen MR) is 67.3 cm³/mol. The van der Waals surface area contributed by atoms with Crippen molar-refractivity contribution in [1.29, 1.82) is 0 Å². The van der Waals surface area contributed by atoms with Crippen LogP contribution >= 0.6 is 0 Å². The molecule has 0 amide bonds. The van der Waals surface area contributed by atoms with Crippen molar-refractivity contribution in [3.63, 3.8) is 0 Å². The van der Waals surface area contributed by atoms with Gasteiger partial charge in [-0.25, -0.2) is 9.48 Å². The van der Waals surface area contributed by atoms with Crippen molar-refractivity contribution in [3.05, 3.63) is 5.82 Å². The highest BCUT2D eigenvalue weighted by Crippen LogP contribution is 2.26. The molecule has 1 heterocycles. The summed E-state index contributed by atoms with van der Waals surface area (Å²) in [6, 6.07) is 0. The molecule has 0 aliphatic rings. The lowest BCUT2D eigenvalue weighted by atomic mass is 9.97. The van der Waals surface area contributed by atoms with Gasteiger partial charge in [-0.1, -0.05) is 26.7 Å². The number of carboxylic acid groups (broad SMARTS) is 1. The zero-order chi connectivity index (χ0) is 13.8. The first kappa shape index (κ1) is 14.6. The fourth-order valence-corrected chi connectivity index (χ4v) is 1.90. The molecule has 18 heavy (non-hydrogen) atoms. The van der Waals surface area contributed by atoms with Crippen LogP contribution in [-0.2, 0) is 10.3 Å². The van der Waals surface area contributed by atoms with Gasteiger partial charge in [-0.3, -0.25) is 0 Å². The second-order valence-electron chi connectivity index (χ2n) is 5.06. The highest BCUT2D eigenvalue weighted by atomic mass is 16.4. The van der Waals surface area contributed by atoms with Gasteiger partial charge in [0.05, 0.1) is 0 Å². The normalized spacial score (nSPS) is 13.6. The molecule has 0 saturated heterocycles. The van der Waals surface area contributed by atoms with E-state index in [-0.39, 0.29) is 5.92 Å². The zero-order valence-corrected chi connectivity index (χ0v) is 11.6. The summed E-state index contributed by atoms with van der Waals surface area (Å²) >= 11 is 0. The predicted octanol–water partition coefficient (Wildman–Crippen LogP) is 2.18. The molecular formula is C12H22N4O2. The minimum atomic E-state index is -1.11. The van der Waals surface area contributed by atoms with Gasteiger partial charge in [0.25, 0.3) is 0 Å². The summed E-state index contributed by atoms with van der Waals surface area (Å²) < 4.78 is 1.44. The first-order valence-electron chi connectivity index (χ1n) is 6.47. The number of hydrogen-bond donors (Lipinski definition) is 1. The molecule has 1 aromatic heterocycles. The Morgan fingerprint density at radius 2 is 2.11 bits per heavy atom. The van der Waals surface area contributed by atoms with Crippen LogP contribution in [0.2, 0.25) is 0 Å². The van der Waals surface area contributed by atoms with E-state index in [9.17, 15) is 9.90 Å². The Labute approximate surface area is 107 Å². The first-order chi connectivity index (χ1) is 8.45. The van der Waals surface area contributed by atoms with Crippen molar-refractivity contribution in [2.24, 2.45) is 0 Å². The van der Waals surface area contributed by atoms with E-state index < -0.39 is 11.5 Å². The molecule has 1 aromatic rings. The van der Waals surface area contributed by atoms with E-state index in [1.165, 1.54) is 4.68 Å². The van der Waals surface area contributed by atoms with Crippen LogP contribution in [0.5, 0.6) is 0 Å². The average molecular weight is 254 g/mol. The topological polar surface area (TPSA) is 80.9 Å². The zero-order valence-electron chi connectivity index (χ0n) is 11.6. The van der Waals surface area contributed by atoms with Crippen LogP contribution in [0.1, 0.15) is 65.1 Å². The SMILES string of the molecule is CCCCC(CC)c1nnnn1C(C)(C)C(=O)O. The van der Waals surface area contributed by atoms with Crippen molar-refractivity contribution in [1.82, 2.24) is 20.2 Å². The molecule has 0 aromatic carbocycles. The third-order valence-electron chi connectivity index (χ3n) is 3.31.